The molecule has 0 bridgehead atoms. The molecule has 2 atom stereocenters. The third kappa shape index (κ3) is 5.68. The van der Waals surface area contributed by atoms with Crippen molar-refractivity contribution in [2.24, 2.45) is 0 Å². The van der Waals surface area contributed by atoms with E-state index in [0.717, 1.165) is 10.4 Å². The summed E-state index contributed by atoms with van der Waals surface area (Å²) in [5.74, 6) is -0.693. The lowest BCUT2D eigenvalue weighted by atomic mass is 10.0. The van der Waals surface area contributed by atoms with Crippen LogP contribution < -0.4 is 21.0 Å². The molecule has 0 spiro atoms. The van der Waals surface area contributed by atoms with Gasteiger partial charge in [-0.1, -0.05) is 118 Å². The number of carbonyl (C=O) groups is 2. The Morgan fingerprint density at radius 3 is 1.80 bits per heavy atom. The summed E-state index contributed by atoms with van der Waals surface area (Å²) in [6.07, 6.45) is 1.67. The van der Waals surface area contributed by atoms with Crippen molar-refractivity contribution in [2.75, 3.05) is 6.61 Å². The van der Waals surface area contributed by atoms with Crippen LogP contribution in [0.3, 0.4) is 0 Å². The van der Waals surface area contributed by atoms with Crippen molar-refractivity contribution in [3.05, 3.63) is 127 Å². The van der Waals surface area contributed by atoms with Crippen molar-refractivity contribution in [3.63, 3.8) is 0 Å². The molecule has 2 N–H and O–H groups in total. The van der Waals surface area contributed by atoms with E-state index in [9.17, 15) is 18.0 Å². The maximum atomic E-state index is 13.5. The quantitative estimate of drug-likeness (QED) is 0.235. The van der Waals surface area contributed by atoms with Gasteiger partial charge in [0.2, 0.25) is 11.8 Å². The van der Waals surface area contributed by atoms with Gasteiger partial charge in [-0.15, -0.1) is 0 Å². The number of hydrogen-bond acceptors (Lipinski definition) is 5. The summed E-state index contributed by atoms with van der Waals surface area (Å²) in [4.78, 5) is 27.1. The fourth-order valence-corrected chi connectivity index (χ4v) is 12.4. The van der Waals surface area contributed by atoms with Crippen molar-refractivity contribution in [1.82, 2.24) is 14.6 Å². The first-order valence-corrected chi connectivity index (χ1v) is 18.6. The molecule has 2 heterocycles. The topological polar surface area (TPSA) is 106 Å². The summed E-state index contributed by atoms with van der Waals surface area (Å²) in [6, 6.07) is 33.8. The predicted molar refractivity (Wildman–Crippen MR) is 182 cm³/mol. The number of piperazine rings is 1. The standard InChI is InChI=1S/C36H37N3O5SSi/c1-36(2,3)46(28-17-9-5-10-18-28,29-19-11-6-12-20-29)44-25-32-35(41)37-31(34(40)38-32)23-26-24-39(33-22-14-13-21-30(26)33)45(42,43)27-15-7-4-8-16-27/h4-22,24,31-32H,23,25H2,1-3H3,(H,37,41)(H,38,40)/t31-,32-/m0/s1. The van der Waals surface area contributed by atoms with E-state index in [4.69, 9.17) is 4.43 Å². The van der Waals surface area contributed by atoms with Gasteiger partial charge in [-0.3, -0.25) is 9.59 Å². The Bertz CT molecular complexity index is 1930. The smallest absolute Gasteiger partial charge is 0.268 e. The van der Waals surface area contributed by atoms with Crippen molar-refractivity contribution in [2.45, 2.75) is 49.2 Å². The highest BCUT2D eigenvalue weighted by molar-refractivity contribution is 7.90. The predicted octanol–water partition coefficient (Wildman–Crippen LogP) is 3.98. The van der Waals surface area contributed by atoms with Gasteiger partial charge in [0.05, 0.1) is 17.0 Å². The second-order valence-corrected chi connectivity index (χ2v) is 18.7. The SMILES string of the molecule is CC(C)(C)[Si](OC[C@@H]1NC(=O)[C@H](Cc2cn(S(=O)(=O)c3ccccc3)c3ccccc23)NC1=O)(c1ccccc1)c1ccccc1. The molecule has 2 amide bonds. The lowest BCUT2D eigenvalue weighted by molar-refractivity contribution is -0.137. The maximum Gasteiger partial charge on any atom is 0.268 e. The van der Waals surface area contributed by atoms with Crippen LogP contribution in [0.2, 0.25) is 5.04 Å². The summed E-state index contributed by atoms with van der Waals surface area (Å²) in [7, 11) is -6.81. The van der Waals surface area contributed by atoms with Crippen molar-refractivity contribution < 1.29 is 22.4 Å². The Morgan fingerprint density at radius 1 is 0.717 bits per heavy atom. The summed E-state index contributed by atoms with van der Waals surface area (Å²) in [5, 5.41) is 8.35. The van der Waals surface area contributed by atoms with Crippen LogP contribution in [0.4, 0.5) is 0 Å². The summed E-state index contributed by atoms with van der Waals surface area (Å²) in [6.45, 7) is 6.47. The lowest BCUT2D eigenvalue weighted by Gasteiger charge is -2.44. The van der Waals surface area contributed by atoms with Gasteiger partial charge in [0, 0.05) is 18.0 Å². The summed E-state index contributed by atoms with van der Waals surface area (Å²) < 4.78 is 35.2. The largest absolute Gasteiger partial charge is 0.405 e. The normalized spacial score (nSPS) is 17.5. The second-order valence-electron chi connectivity index (χ2n) is 12.6. The fraction of sp³-hybridized carbons (Fsp3) is 0.222. The zero-order valence-electron chi connectivity index (χ0n) is 26.0. The van der Waals surface area contributed by atoms with Gasteiger partial charge >= 0.3 is 0 Å². The number of hydrogen-bond donors (Lipinski definition) is 2. The molecule has 1 fully saturated rings. The molecule has 1 aromatic heterocycles. The van der Waals surface area contributed by atoms with Gasteiger partial charge in [0.1, 0.15) is 12.1 Å². The molecular weight excluding hydrogens is 615 g/mol. The average Bonchev–Trinajstić information content (AvgIpc) is 3.43. The van der Waals surface area contributed by atoms with E-state index >= 15 is 0 Å². The molecule has 10 heteroatoms. The molecule has 8 nitrogen and oxygen atoms in total. The highest BCUT2D eigenvalue weighted by Crippen LogP contribution is 2.37. The Kier molecular flexibility index (Phi) is 8.45. The van der Waals surface area contributed by atoms with Crippen molar-refractivity contribution in [3.8, 4) is 0 Å². The molecule has 0 saturated carbocycles. The van der Waals surface area contributed by atoms with E-state index in [0.29, 0.717) is 16.5 Å². The number of nitrogens with one attached hydrogen (secondary N) is 2. The van der Waals surface area contributed by atoms with Gasteiger partial charge in [-0.25, -0.2) is 12.4 Å². The molecular formula is C36H37N3O5SSi. The zero-order chi connectivity index (χ0) is 32.5. The third-order valence-electron chi connectivity index (χ3n) is 8.63. The number of amides is 2. The van der Waals surface area contributed by atoms with E-state index in [-0.39, 0.29) is 34.8 Å². The third-order valence-corrected chi connectivity index (χ3v) is 15.3. The first-order valence-electron chi connectivity index (χ1n) is 15.3. The first kappa shape index (κ1) is 31.5. The van der Waals surface area contributed by atoms with Crippen LogP contribution in [0, 0.1) is 0 Å². The molecule has 6 rings (SSSR count). The number of fused-ring (bicyclic) bond motifs is 1. The van der Waals surface area contributed by atoms with Crippen LogP contribution >= 0.6 is 0 Å². The van der Waals surface area contributed by atoms with Gasteiger partial charge in [0.15, 0.2) is 0 Å². The van der Waals surface area contributed by atoms with Gasteiger partial charge < -0.3 is 15.1 Å². The summed E-state index contributed by atoms with van der Waals surface area (Å²) in [5.41, 5.74) is 1.14. The van der Waals surface area contributed by atoms with E-state index in [1.165, 1.54) is 3.97 Å². The minimum absolute atomic E-state index is 0.00615. The van der Waals surface area contributed by atoms with Gasteiger partial charge in [-0.2, -0.15) is 0 Å². The molecule has 0 unspecified atom stereocenters. The second kappa shape index (κ2) is 12.4. The van der Waals surface area contributed by atoms with Crippen LogP contribution in [0.25, 0.3) is 10.9 Å². The van der Waals surface area contributed by atoms with E-state index in [1.807, 2.05) is 48.5 Å². The first-order chi connectivity index (χ1) is 22.0. The van der Waals surface area contributed by atoms with Crippen LogP contribution in [0.15, 0.2) is 126 Å². The number of rotatable bonds is 9. The lowest BCUT2D eigenvalue weighted by Crippen LogP contribution is -2.69. The molecule has 4 aromatic carbocycles. The Balaban J connectivity index is 1.25. The van der Waals surface area contributed by atoms with E-state index in [1.54, 1.807) is 48.7 Å². The molecule has 1 aliphatic heterocycles. The fourth-order valence-electron chi connectivity index (χ4n) is 6.41. The van der Waals surface area contributed by atoms with E-state index in [2.05, 4.69) is 55.7 Å². The molecule has 0 radical (unpaired) electrons. The number of para-hydroxylation sites is 1. The number of carbonyl (C=O) groups excluding carboxylic acids is 2. The maximum absolute atomic E-state index is 13.5. The van der Waals surface area contributed by atoms with Crippen molar-refractivity contribution >= 4 is 51.4 Å². The minimum atomic E-state index is -3.88. The minimum Gasteiger partial charge on any atom is -0.405 e. The molecule has 0 aliphatic carbocycles. The Labute approximate surface area is 270 Å². The molecule has 1 aliphatic rings. The number of aromatic nitrogens is 1. The van der Waals surface area contributed by atoms with Crippen LogP contribution in [0.5, 0.6) is 0 Å². The molecule has 1 saturated heterocycles. The van der Waals surface area contributed by atoms with Crippen LogP contribution in [-0.4, -0.2) is 51.2 Å². The van der Waals surface area contributed by atoms with Crippen LogP contribution in [-0.2, 0) is 30.5 Å². The number of benzene rings is 4. The van der Waals surface area contributed by atoms with Gasteiger partial charge in [-0.05, 0) is 39.2 Å². The molecule has 236 valence electrons. The van der Waals surface area contributed by atoms with E-state index < -0.39 is 30.4 Å². The Morgan fingerprint density at radius 2 is 1.22 bits per heavy atom. The zero-order valence-corrected chi connectivity index (χ0v) is 27.8. The average molecular weight is 652 g/mol. The van der Waals surface area contributed by atoms with Crippen molar-refractivity contribution in [1.29, 1.82) is 0 Å². The summed E-state index contributed by atoms with van der Waals surface area (Å²) >= 11 is 0. The molecule has 5 aromatic rings. The Hall–Kier alpha value is -4.51. The monoisotopic (exact) mass is 651 g/mol. The highest BCUT2D eigenvalue weighted by Gasteiger charge is 2.51. The highest BCUT2D eigenvalue weighted by atomic mass is 32.2. The van der Waals surface area contributed by atoms with Gasteiger partial charge in [0.25, 0.3) is 18.3 Å². The van der Waals surface area contributed by atoms with Crippen LogP contribution in [0.1, 0.15) is 26.3 Å². The number of nitrogens with zero attached hydrogens (tertiary/aromatic N) is 1. The molecule has 46 heavy (non-hydrogen) atoms.